The maximum absolute atomic E-state index is 11.4. The van der Waals surface area contributed by atoms with E-state index in [-0.39, 0.29) is 12.0 Å². The van der Waals surface area contributed by atoms with Gasteiger partial charge in [0, 0.05) is 16.8 Å². The predicted molar refractivity (Wildman–Crippen MR) is 71.7 cm³/mol. The molecule has 1 N–H and O–H groups in total. The average Bonchev–Trinajstić information content (AvgIpc) is 2.73. The third kappa shape index (κ3) is 5.06. The minimum absolute atomic E-state index is 0.192. The van der Waals surface area contributed by atoms with Crippen molar-refractivity contribution >= 4 is 29.1 Å². The van der Waals surface area contributed by atoms with Gasteiger partial charge in [0.15, 0.2) is 0 Å². The van der Waals surface area contributed by atoms with Crippen molar-refractivity contribution in [2.75, 3.05) is 19.4 Å². The zero-order valence-electron chi connectivity index (χ0n) is 10.4. The SMILES string of the molecule is CCNC(CCSc1nc(C)cs1)C(=O)OC. The summed E-state index contributed by atoms with van der Waals surface area (Å²) in [4.78, 5) is 15.8. The van der Waals surface area contributed by atoms with E-state index < -0.39 is 0 Å². The summed E-state index contributed by atoms with van der Waals surface area (Å²) in [5.41, 5.74) is 1.05. The maximum Gasteiger partial charge on any atom is 0.322 e. The molecule has 96 valence electrons. The molecule has 1 heterocycles. The molecule has 0 aliphatic heterocycles. The molecule has 0 fully saturated rings. The number of thioether (sulfide) groups is 1. The number of carbonyl (C=O) groups excluding carboxylic acids is 1. The first-order chi connectivity index (χ1) is 8.17. The first-order valence-corrected chi connectivity index (χ1v) is 7.40. The summed E-state index contributed by atoms with van der Waals surface area (Å²) in [6, 6.07) is -0.210. The van der Waals surface area contributed by atoms with E-state index in [0.29, 0.717) is 0 Å². The van der Waals surface area contributed by atoms with Crippen molar-refractivity contribution in [2.24, 2.45) is 0 Å². The minimum atomic E-state index is -0.210. The second-order valence-corrected chi connectivity index (χ2v) is 5.73. The predicted octanol–water partition coefficient (Wildman–Crippen LogP) is 2.08. The smallest absolute Gasteiger partial charge is 0.322 e. The Kier molecular flexibility index (Phi) is 6.54. The summed E-state index contributed by atoms with van der Waals surface area (Å²) in [6.07, 6.45) is 0.754. The largest absolute Gasteiger partial charge is 0.468 e. The topological polar surface area (TPSA) is 51.2 Å². The lowest BCUT2D eigenvalue weighted by Crippen LogP contribution is -2.37. The summed E-state index contributed by atoms with van der Waals surface area (Å²) in [7, 11) is 1.42. The number of aromatic nitrogens is 1. The van der Waals surface area contributed by atoms with Gasteiger partial charge in [-0.3, -0.25) is 4.79 Å². The molecule has 0 amide bonds. The van der Waals surface area contributed by atoms with E-state index in [1.54, 1.807) is 23.1 Å². The zero-order chi connectivity index (χ0) is 12.7. The molecule has 4 nitrogen and oxygen atoms in total. The highest BCUT2D eigenvalue weighted by Crippen LogP contribution is 2.23. The van der Waals surface area contributed by atoms with Gasteiger partial charge in [0.2, 0.25) is 0 Å². The van der Waals surface area contributed by atoms with Crippen LogP contribution in [0.4, 0.5) is 0 Å². The van der Waals surface area contributed by atoms with Crippen LogP contribution in [0.1, 0.15) is 19.0 Å². The van der Waals surface area contributed by atoms with Crippen LogP contribution in [-0.2, 0) is 9.53 Å². The van der Waals surface area contributed by atoms with Crippen molar-refractivity contribution in [1.29, 1.82) is 0 Å². The van der Waals surface area contributed by atoms with Crippen molar-refractivity contribution in [3.63, 3.8) is 0 Å². The van der Waals surface area contributed by atoms with Crippen LogP contribution < -0.4 is 5.32 Å². The third-order valence-corrected chi connectivity index (χ3v) is 4.34. The fraction of sp³-hybridized carbons (Fsp3) is 0.636. The molecule has 1 rings (SSSR count). The highest BCUT2D eigenvalue weighted by Gasteiger charge is 2.17. The summed E-state index contributed by atoms with van der Waals surface area (Å²) in [6.45, 7) is 4.73. The van der Waals surface area contributed by atoms with E-state index >= 15 is 0 Å². The lowest BCUT2D eigenvalue weighted by Gasteiger charge is -2.14. The van der Waals surface area contributed by atoms with Crippen LogP contribution >= 0.6 is 23.1 Å². The molecule has 0 bridgehead atoms. The lowest BCUT2D eigenvalue weighted by molar-refractivity contribution is -0.143. The average molecular weight is 274 g/mol. The molecule has 17 heavy (non-hydrogen) atoms. The van der Waals surface area contributed by atoms with Crippen LogP contribution in [0.15, 0.2) is 9.72 Å². The molecule has 0 saturated carbocycles. The number of ether oxygens (including phenoxy) is 1. The van der Waals surface area contributed by atoms with Crippen LogP contribution in [0.25, 0.3) is 0 Å². The summed E-state index contributed by atoms with van der Waals surface area (Å²) in [5.74, 6) is 0.669. The molecule has 0 saturated heterocycles. The molecule has 0 radical (unpaired) electrons. The van der Waals surface area contributed by atoms with Crippen molar-refractivity contribution in [1.82, 2.24) is 10.3 Å². The number of hydrogen-bond acceptors (Lipinski definition) is 6. The second-order valence-electron chi connectivity index (χ2n) is 3.53. The van der Waals surface area contributed by atoms with Gasteiger partial charge in [-0.2, -0.15) is 0 Å². The quantitative estimate of drug-likeness (QED) is 0.609. The number of esters is 1. The summed E-state index contributed by atoms with van der Waals surface area (Å²) >= 11 is 3.33. The van der Waals surface area contributed by atoms with Gasteiger partial charge < -0.3 is 10.1 Å². The van der Waals surface area contributed by atoms with Gasteiger partial charge in [-0.15, -0.1) is 11.3 Å². The van der Waals surface area contributed by atoms with Crippen molar-refractivity contribution in [3.8, 4) is 0 Å². The van der Waals surface area contributed by atoms with Gasteiger partial charge in [0.25, 0.3) is 0 Å². The lowest BCUT2D eigenvalue weighted by atomic mass is 10.2. The van der Waals surface area contributed by atoms with Gasteiger partial charge in [-0.05, 0) is 19.9 Å². The summed E-state index contributed by atoms with van der Waals surface area (Å²) in [5, 5.41) is 5.15. The number of thiazole rings is 1. The Hall–Kier alpha value is -0.590. The molecule has 0 spiro atoms. The van der Waals surface area contributed by atoms with E-state index in [4.69, 9.17) is 4.74 Å². The molecular formula is C11H18N2O2S2. The van der Waals surface area contributed by atoms with Gasteiger partial charge in [-0.1, -0.05) is 18.7 Å². The molecule has 1 atom stereocenters. The Morgan fingerprint density at radius 2 is 2.47 bits per heavy atom. The Labute approximate surface area is 110 Å². The van der Waals surface area contributed by atoms with Crippen molar-refractivity contribution in [3.05, 3.63) is 11.1 Å². The minimum Gasteiger partial charge on any atom is -0.468 e. The maximum atomic E-state index is 11.4. The zero-order valence-corrected chi connectivity index (χ0v) is 12.0. The number of methoxy groups -OCH3 is 1. The van der Waals surface area contributed by atoms with Crippen molar-refractivity contribution < 1.29 is 9.53 Å². The Morgan fingerprint density at radius 1 is 1.71 bits per heavy atom. The number of carbonyl (C=O) groups is 1. The van der Waals surface area contributed by atoms with Gasteiger partial charge in [0.05, 0.1) is 7.11 Å². The fourth-order valence-corrected chi connectivity index (χ4v) is 3.28. The molecule has 6 heteroatoms. The number of likely N-dealkylation sites (N-methyl/N-ethyl adjacent to an activating group) is 1. The number of aryl methyl sites for hydroxylation is 1. The standard InChI is InChI=1S/C11H18N2O2S2/c1-4-12-9(10(14)15-3)5-6-16-11-13-8(2)7-17-11/h7,9,12H,4-6H2,1-3H3. The number of rotatable bonds is 7. The van der Waals surface area contributed by atoms with E-state index in [2.05, 4.69) is 10.3 Å². The van der Waals surface area contributed by atoms with Crippen LogP contribution in [0.5, 0.6) is 0 Å². The van der Waals surface area contributed by atoms with E-state index in [1.165, 1.54) is 7.11 Å². The highest BCUT2D eigenvalue weighted by molar-refractivity contribution is 8.01. The first-order valence-electron chi connectivity index (χ1n) is 5.53. The van der Waals surface area contributed by atoms with Crippen LogP contribution in [-0.4, -0.2) is 36.4 Å². The van der Waals surface area contributed by atoms with E-state index in [9.17, 15) is 4.79 Å². The van der Waals surface area contributed by atoms with Gasteiger partial charge in [-0.25, -0.2) is 4.98 Å². The van der Waals surface area contributed by atoms with Crippen molar-refractivity contribution in [2.45, 2.75) is 30.6 Å². The Balaban J connectivity index is 2.34. The van der Waals surface area contributed by atoms with E-state index in [1.807, 2.05) is 19.2 Å². The number of hydrogen-bond donors (Lipinski definition) is 1. The van der Waals surface area contributed by atoms with Gasteiger partial charge >= 0.3 is 5.97 Å². The molecular weight excluding hydrogens is 256 g/mol. The first kappa shape index (κ1) is 14.5. The summed E-state index contributed by atoms with van der Waals surface area (Å²) < 4.78 is 5.81. The van der Waals surface area contributed by atoms with Crippen LogP contribution in [0.2, 0.25) is 0 Å². The van der Waals surface area contributed by atoms with Gasteiger partial charge in [0.1, 0.15) is 10.4 Å². The number of nitrogens with zero attached hydrogens (tertiary/aromatic N) is 1. The third-order valence-electron chi connectivity index (χ3n) is 2.17. The highest BCUT2D eigenvalue weighted by atomic mass is 32.2. The Morgan fingerprint density at radius 3 is 3.00 bits per heavy atom. The second kappa shape index (κ2) is 7.68. The van der Waals surface area contributed by atoms with Crippen LogP contribution in [0.3, 0.4) is 0 Å². The molecule has 1 aromatic rings. The fourth-order valence-electron chi connectivity index (χ4n) is 1.35. The monoisotopic (exact) mass is 274 g/mol. The molecule has 1 aromatic heterocycles. The normalized spacial score (nSPS) is 12.4. The molecule has 0 aliphatic rings. The van der Waals surface area contributed by atoms with E-state index in [0.717, 1.165) is 28.8 Å². The Bertz CT molecular complexity index is 355. The number of nitrogens with one attached hydrogen (secondary N) is 1. The molecule has 0 aromatic carbocycles. The molecule has 1 unspecified atom stereocenters. The molecule has 0 aliphatic carbocycles. The van der Waals surface area contributed by atoms with Crippen LogP contribution in [0, 0.1) is 6.92 Å².